The maximum atomic E-state index is 4.84. The highest BCUT2D eigenvalue weighted by Crippen LogP contribution is 2.26. The van der Waals surface area contributed by atoms with Gasteiger partial charge in [-0.2, -0.15) is 15.2 Å². The fraction of sp³-hybridized carbons (Fsp3) is 0.610. The molecule has 7 N–H and O–H groups in total. The second-order valence-corrected chi connectivity index (χ2v) is 20.3. The van der Waals surface area contributed by atoms with E-state index in [-0.39, 0.29) is 39.9 Å². The molecule has 58 heavy (non-hydrogen) atoms. The summed E-state index contributed by atoms with van der Waals surface area (Å²) in [5.74, 6) is 5.78. The Bertz CT molecular complexity index is 1550. The van der Waals surface area contributed by atoms with E-state index in [0.717, 1.165) is 34.2 Å². The standard InChI is InChI=1S/C7H13N3.C7H12N2O.C7H12N2S.C7H12N2.2C6H11N3.CH4/c1-5-8-6(10-9-5)7(2,3)4;2*1-5-8-6(9-10-5)7(2,3)4;1-7(2,3)6-4-8-5-9-6;2*1-6(2,3)5-7-4-8-9-5;/h9H,1H2,2-4H3,(H,8,10);2*1H2,2-4H3,(H,8,9);4-5H,1-3H3,(H,8,9);2*4H,1-3H3,(H,7,8,9);1H4. The molecule has 6 rings (SSSR count). The van der Waals surface area contributed by atoms with Crippen LogP contribution >= 0.6 is 11.9 Å². The first-order valence-corrected chi connectivity index (χ1v) is 19.6. The van der Waals surface area contributed by atoms with Gasteiger partial charge >= 0.3 is 0 Å². The summed E-state index contributed by atoms with van der Waals surface area (Å²) >= 11 is 1.48. The minimum Gasteiger partial charge on any atom is -0.361 e. The first kappa shape index (κ1) is 53.1. The molecule has 0 unspecified atom stereocenters. The minimum atomic E-state index is 0. The number of imidazole rings is 1. The van der Waals surface area contributed by atoms with Crippen molar-refractivity contribution in [3.05, 3.63) is 79.0 Å². The van der Waals surface area contributed by atoms with Crippen LogP contribution in [0, 0.1) is 16.2 Å². The highest BCUT2D eigenvalue weighted by molar-refractivity contribution is 8.02. The third kappa shape index (κ3) is 20.5. The lowest BCUT2D eigenvalue weighted by atomic mass is 9.93. The Balaban J connectivity index is 0.000000670. The Morgan fingerprint density at radius 1 is 0.569 bits per heavy atom. The number of H-pyrrole nitrogens is 3. The highest BCUT2D eigenvalue weighted by atomic mass is 32.2. The number of aromatic amines is 3. The number of hydrogen-bond donors (Lipinski definition) is 7. The van der Waals surface area contributed by atoms with Crippen molar-refractivity contribution in [3.63, 3.8) is 0 Å². The SMILES string of the molecule is C.C=C1N=C(C(C)(C)C)NN1.C=C1N=C(C(C)(C)C)NO1.C=C1N=C(C(C)(C)C)NS1.CC(C)(C)c1cnc[nH]1.CC(C)(C)c1ncn[nH]1.CC(C)(C)c1ncn[nH]1. The summed E-state index contributed by atoms with van der Waals surface area (Å²) in [7, 11) is 0. The van der Waals surface area contributed by atoms with Crippen LogP contribution in [-0.2, 0) is 21.1 Å². The Morgan fingerprint density at radius 3 is 1.22 bits per heavy atom. The molecular weight excluding hydrogens is 751 g/mol. The fourth-order valence-electron chi connectivity index (χ4n) is 3.67. The van der Waals surface area contributed by atoms with Crippen molar-refractivity contribution in [1.29, 1.82) is 0 Å². The van der Waals surface area contributed by atoms with Crippen molar-refractivity contribution in [2.24, 2.45) is 31.2 Å². The third-order valence-electron chi connectivity index (χ3n) is 7.26. The van der Waals surface area contributed by atoms with E-state index in [1.165, 1.54) is 30.3 Å². The van der Waals surface area contributed by atoms with Crippen LogP contribution in [0.15, 0.2) is 76.6 Å². The van der Waals surface area contributed by atoms with Gasteiger partial charge in [-0.1, -0.05) is 145 Å². The molecule has 0 atom stereocenters. The Kier molecular flexibility index (Phi) is 19.9. The third-order valence-corrected chi connectivity index (χ3v) is 7.89. The van der Waals surface area contributed by atoms with Crippen LogP contribution < -0.4 is 21.1 Å². The topological polar surface area (TPSA) is 206 Å². The lowest BCUT2D eigenvalue weighted by Gasteiger charge is -2.17. The molecule has 6 heterocycles. The number of hydroxylamine groups is 1. The molecular formula is C41H75N15OS. The van der Waals surface area contributed by atoms with Crippen molar-refractivity contribution in [2.45, 2.75) is 148 Å². The van der Waals surface area contributed by atoms with Crippen LogP contribution in [0.2, 0.25) is 0 Å². The number of nitrogens with one attached hydrogen (secondary N) is 7. The molecule has 0 amide bonds. The second kappa shape index (κ2) is 21.7. The van der Waals surface area contributed by atoms with Crippen LogP contribution in [0.1, 0.15) is 149 Å². The lowest BCUT2D eigenvalue weighted by molar-refractivity contribution is 0.173. The van der Waals surface area contributed by atoms with Gasteiger partial charge in [0.05, 0.1) is 6.33 Å². The van der Waals surface area contributed by atoms with E-state index >= 15 is 0 Å². The summed E-state index contributed by atoms with van der Waals surface area (Å²) in [4.78, 5) is 32.3. The molecule has 3 aliphatic heterocycles. The normalized spacial score (nSPS) is 14.9. The number of aliphatic imine (C=N–C) groups is 3. The van der Waals surface area contributed by atoms with E-state index < -0.39 is 0 Å². The minimum absolute atomic E-state index is 0. The van der Waals surface area contributed by atoms with Gasteiger partial charge in [0, 0.05) is 56.3 Å². The number of nitrogens with zero attached hydrogens (tertiary/aromatic N) is 8. The van der Waals surface area contributed by atoms with Crippen molar-refractivity contribution in [1.82, 2.24) is 61.4 Å². The molecule has 0 saturated heterocycles. The first-order chi connectivity index (χ1) is 25.8. The molecule has 0 radical (unpaired) electrons. The molecule has 0 saturated carbocycles. The van der Waals surface area contributed by atoms with Gasteiger partial charge in [-0.25, -0.2) is 30.4 Å². The summed E-state index contributed by atoms with van der Waals surface area (Å²) in [6.45, 7) is 48.8. The maximum absolute atomic E-state index is 4.84. The van der Waals surface area contributed by atoms with Gasteiger partial charge < -0.3 is 14.5 Å². The monoisotopic (exact) mass is 826 g/mol. The van der Waals surface area contributed by atoms with Gasteiger partial charge in [0.1, 0.15) is 52.7 Å². The predicted molar refractivity (Wildman–Crippen MR) is 243 cm³/mol. The van der Waals surface area contributed by atoms with Gasteiger partial charge in [-0.3, -0.25) is 21.0 Å². The molecule has 3 aromatic heterocycles. The number of amidine groups is 3. The summed E-state index contributed by atoms with van der Waals surface area (Å²) in [6, 6.07) is 0. The fourth-order valence-corrected chi connectivity index (χ4v) is 4.38. The van der Waals surface area contributed by atoms with Gasteiger partial charge in [-0.05, 0) is 6.58 Å². The number of hydrogen-bond acceptors (Lipinski definition) is 14. The molecule has 3 aliphatic rings. The molecule has 0 fully saturated rings. The van der Waals surface area contributed by atoms with Crippen LogP contribution in [0.25, 0.3) is 0 Å². The van der Waals surface area contributed by atoms with Gasteiger partial charge in [-0.15, -0.1) is 0 Å². The van der Waals surface area contributed by atoms with Crippen molar-refractivity contribution in [2.75, 3.05) is 0 Å². The zero-order valence-corrected chi connectivity index (χ0v) is 38.6. The molecule has 16 nitrogen and oxygen atoms in total. The Hall–Kier alpha value is -4.93. The quantitative estimate of drug-likeness (QED) is 0.106. The molecule has 0 aliphatic carbocycles. The van der Waals surface area contributed by atoms with E-state index in [4.69, 9.17) is 4.84 Å². The largest absolute Gasteiger partial charge is 0.361 e. The van der Waals surface area contributed by atoms with Crippen molar-refractivity contribution in [3.8, 4) is 0 Å². The van der Waals surface area contributed by atoms with E-state index in [0.29, 0.717) is 11.7 Å². The smallest absolute Gasteiger partial charge is 0.240 e. The predicted octanol–water partition coefficient (Wildman–Crippen LogP) is 9.15. The number of hydrazine groups is 1. The number of rotatable bonds is 0. The molecule has 3 aromatic rings. The molecule has 326 valence electrons. The molecule has 0 bridgehead atoms. The average Bonchev–Trinajstić information content (AvgIpc) is 3.89. The molecule has 17 heteroatoms. The lowest BCUT2D eigenvalue weighted by Crippen LogP contribution is -2.37. The highest BCUT2D eigenvalue weighted by Gasteiger charge is 2.25. The average molecular weight is 826 g/mol. The summed E-state index contributed by atoms with van der Waals surface area (Å²) < 4.78 is 3.11. The summed E-state index contributed by atoms with van der Waals surface area (Å²) in [5, 5.41) is 14.0. The zero-order valence-electron chi connectivity index (χ0n) is 37.8. The van der Waals surface area contributed by atoms with Gasteiger partial charge in [0.25, 0.3) is 0 Å². The van der Waals surface area contributed by atoms with E-state index in [9.17, 15) is 0 Å². The Morgan fingerprint density at radius 2 is 1.05 bits per heavy atom. The maximum Gasteiger partial charge on any atom is 0.240 e. The van der Waals surface area contributed by atoms with Crippen molar-refractivity contribution >= 4 is 29.5 Å². The van der Waals surface area contributed by atoms with E-state index in [1.54, 1.807) is 6.33 Å². The van der Waals surface area contributed by atoms with Crippen LogP contribution in [-0.4, -0.2) is 57.8 Å². The van der Waals surface area contributed by atoms with Gasteiger partial charge in [0.2, 0.25) is 5.88 Å². The number of aromatic nitrogens is 8. The van der Waals surface area contributed by atoms with Crippen LogP contribution in [0.5, 0.6) is 0 Å². The summed E-state index contributed by atoms with van der Waals surface area (Å²) in [6.07, 6.45) is 6.63. The van der Waals surface area contributed by atoms with Gasteiger partial charge in [0.15, 0.2) is 0 Å². The van der Waals surface area contributed by atoms with Crippen molar-refractivity contribution < 1.29 is 4.84 Å². The molecule has 0 spiro atoms. The van der Waals surface area contributed by atoms with E-state index in [1.807, 2.05) is 6.20 Å². The van der Waals surface area contributed by atoms with Crippen LogP contribution in [0.4, 0.5) is 0 Å². The zero-order chi connectivity index (χ0) is 44.0. The first-order valence-electron chi connectivity index (χ1n) is 18.7. The second-order valence-electron chi connectivity index (χ2n) is 19.4. The Labute approximate surface area is 353 Å². The van der Waals surface area contributed by atoms with E-state index in [2.05, 4.69) is 221 Å². The molecule has 0 aromatic carbocycles. The van der Waals surface area contributed by atoms with Crippen LogP contribution in [0.3, 0.4) is 0 Å². The summed E-state index contributed by atoms with van der Waals surface area (Å²) in [5.41, 5.74) is 10.3.